The maximum Gasteiger partial charge on any atom is 0.245 e. The van der Waals surface area contributed by atoms with E-state index in [0.717, 1.165) is 66.4 Å². The van der Waals surface area contributed by atoms with Crippen molar-refractivity contribution in [3.8, 4) is 22.9 Å². The van der Waals surface area contributed by atoms with Crippen LogP contribution < -0.4 is 11.5 Å². The van der Waals surface area contributed by atoms with Gasteiger partial charge in [0.25, 0.3) is 0 Å². The predicted octanol–water partition coefficient (Wildman–Crippen LogP) is 4.11. The number of likely N-dealkylation sites (tertiary alicyclic amines) is 1. The van der Waals surface area contributed by atoms with Gasteiger partial charge in [0.15, 0.2) is 17.3 Å². The number of piperidine rings is 1. The van der Waals surface area contributed by atoms with Gasteiger partial charge in [0.2, 0.25) is 5.91 Å². The van der Waals surface area contributed by atoms with Crippen LogP contribution in [0.2, 0.25) is 0 Å². The van der Waals surface area contributed by atoms with Crippen LogP contribution in [0, 0.1) is 5.92 Å². The fourth-order valence-electron chi connectivity index (χ4n) is 5.70. The van der Waals surface area contributed by atoms with Crippen LogP contribution in [0.5, 0.6) is 0 Å². The highest BCUT2D eigenvalue weighted by Crippen LogP contribution is 2.32. The molecule has 0 saturated carbocycles. The lowest BCUT2D eigenvalue weighted by Crippen LogP contribution is -2.47. The van der Waals surface area contributed by atoms with Crippen molar-refractivity contribution in [1.29, 1.82) is 0 Å². The number of carbonyl (C=O) groups is 1. The Morgan fingerprint density at radius 2 is 1.93 bits per heavy atom. The van der Waals surface area contributed by atoms with Crippen LogP contribution in [0.15, 0.2) is 79.8 Å². The van der Waals surface area contributed by atoms with Crippen molar-refractivity contribution in [3.05, 3.63) is 90.9 Å². The first-order chi connectivity index (χ1) is 20.4. The largest absolute Gasteiger partial charge is 0.383 e. The number of hydrogen-bond acceptors (Lipinski definition) is 7. The third-order valence-electron chi connectivity index (χ3n) is 8.11. The zero-order valence-corrected chi connectivity index (χ0v) is 23.7. The summed E-state index contributed by atoms with van der Waals surface area (Å²) in [5.41, 5.74) is 18.2. The molecule has 1 aliphatic carbocycles. The van der Waals surface area contributed by atoms with Crippen molar-refractivity contribution in [1.82, 2.24) is 34.2 Å². The monoisotopic (exact) mass is 561 g/mol. The van der Waals surface area contributed by atoms with Gasteiger partial charge in [-0.05, 0) is 91.3 Å². The second-order valence-electron chi connectivity index (χ2n) is 10.9. The van der Waals surface area contributed by atoms with Gasteiger partial charge in [-0.2, -0.15) is 5.10 Å². The first kappa shape index (κ1) is 27.3. The molecule has 1 amide bonds. The van der Waals surface area contributed by atoms with E-state index in [-0.39, 0.29) is 11.9 Å². The van der Waals surface area contributed by atoms with Crippen molar-refractivity contribution >= 4 is 22.9 Å². The fourth-order valence-corrected chi connectivity index (χ4v) is 5.70. The van der Waals surface area contributed by atoms with Crippen LogP contribution >= 0.6 is 0 Å². The Hall–Kier alpha value is -4.83. The molecule has 42 heavy (non-hydrogen) atoms. The molecular weight excluding hydrogens is 526 g/mol. The van der Waals surface area contributed by atoms with Gasteiger partial charge < -0.3 is 16.4 Å². The minimum Gasteiger partial charge on any atom is -0.383 e. The Morgan fingerprint density at radius 3 is 2.69 bits per heavy atom. The Morgan fingerprint density at radius 1 is 1.07 bits per heavy atom. The molecule has 2 unspecified atom stereocenters. The molecule has 5 aromatic rings. The normalized spacial score (nSPS) is 17.9. The van der Waals surface area contributed by atoms with E-state index in [1.807, 2.05) is 36.5 Å². The summed E-state index contributed by atoms with van der Waals surface area (Å²) >= 11 is 0. The third kappa shape index (κ3) is 5.28. The topological polar surface area (TPSA) is 134 Å². The summed E-state index contributed by atoms with van der Waals surface area (Å²) in [7, 11) is 0. The Kier molecular flexibility index (Phi) is 7.54. The number of nitrogens with zero attached hydrogens (tertiary/aromatic N) is 7. The number of aromatic nitrogens is 6. The number of rotatable bonds is 4. The number of hydrogen-bond donors (Lipinski definition) is 2. The summed E-state index contributed by atoms with van der Waals surface area (Å²) < 4.78 is 3.83. The zero-order valence-electron chi connectivity index (χ0n) is 23.7. The van der Waals surface area contributed by atoms with Crippen LogP contribution in [0.1, 0.15) is 30.9 Å². The Balaban J connectivity index is 0.000000223. The lowest BCUT2D eigenvalue weighted by molar-refractivity contribution is -0.127. The van der Waals surface area contributed by atoms with E-state index in [9.17, 15) is 4.79 Å². The second-order valence-corrected chi connectivity index (χ2v) is 10.9. The lowest BCUT2D eigenvalue weighted by atomic mass is 9.95. The number of benzene rings is 1. The van der Waals surface area contributed by atoms with E-state index >= 15 is 0 Å². The number of nitrogens with two attached hydrogens (primary N) is 2. The van der Waals surface area contributed by atoms with Crippen molar-refractivity contribution in [2.45, 2.75) is 38.6 Å². The SMILES string of the molecule is C=CC(=O)N1CCC(N)C(C)C1.Nc1ncccc1-c1nc2ccc(-n3cccn3)nc2n1-c1ccc2c(c1)CCC2. The first-order valence-corrected chi connectivity index (χ1v) is 14.3. The Labute approximate surface area is 244 Å². The predicted molar refractivity (Wildman–Crippen MR) is 164 cm³/mol. The number of carbonyl (C=O) groups excluding carboxylic acids is 1. The van der Waals surface area contributed by atoms with E-state index in [4.69, 9.17) is 21.4 Å². The highest BCUT2D eigenvalue weighted by atomic mass is 16.2. The van der Waals surface area contributed by atoms with Gasteiger partial charge in [0, 0.05) is 43.4 Å². The standard InChI is InChI=1S/C23H19N7.C9H16N2O/c24-21-18(6-2-11-25-21)22-27-19-9-10-20(29-13-3-12-26-29)28-23(19)30(22)17-8-7-15-4-1-5-16(15)14-17;1-3-9(12)11-5-4-8(10)7(2)6-11/h2-3,6-14H,1,4-5H2,(H2,24,25);3,7-8H,1,4-6,10H2,2H3. The molecule has 4 aromatic heterocycles. The van der Waals surface area contributed by atoms with Gasteiger partial charge in [-0.15, -0.1) is 0 Å². The van der Waals surface area contributed by atoms with Gasteiger partial charge in [0.05, 0.1) is 5.56 Å². The third-order valence-corrected chi connectivity index (χ3v) is 8.11. The fraction of sp³-hybridized carbons (Fsp3) is 0.281. The van der Waals surface area contributed by atoms with Crippen molar-refractivity contribution in [3.63, 3.8) is 0 Å². The molecule has 1 fully saturated rings. The van der Waals surface area contributed by atoms with Crippen molar-refractivity contribution in [2.24, 2.45) is 11.7 Å². The molecule has 1 aliphatic heterocycles. The number of fused-ring (bicyclic) bond motifs is 2. The smallest absolute Gasteiger partial charge is 0.245 e. The molecule has 2 aliphatic rings. The summed E-state index contributed by atoms with van der Waals surface area (Å²) in [5, 5.41) is 4.32. The molecule has 1 saturated heterocycles. The number of imidazole rings is 1. The van der Waals surface area contributed by atoms with E-state index in [1.54, 1.807) is 22.0 Å². The summed E-state index contributed by atoms with van der Waals surface area (Å²) in [6.07, 6.45) is 11.0. The number of anilines is 1. The first-order valence-electron chi connectivity index (χ1n) is 14.3. The van der Waals surface area contributed by atoms with E-state index < -0.39 is 0 Å². The molecule has 5 heterocycles. The van der Waals surface area contributed by atoms with Gasteiger partial charge in [0.1, 0.15) is 11.3 Å². The average Bonchev–Trinajstić information content (AvgIpc) is 3.78. The number of aryl methyl sites for hydroxylation is 2. The number of amides is 1. The molecule has 0 radical (unpaired) electrons. The summed E-state index contributed by atoms with van der Waals surface area (Å²) in [6.45, 7) is 7.08. The van der Waals surface area contributed by atoms with Crippen LogP contribution in [0.4, 0.5) is 5.82 Å². The van der Waals surface area contributed by atoms with Crippen molar-refractivity contribution in [2.75, 3.05) is 18.8 Å². The van der Waals surface area contributed by atoms with Crippen LogP contribution in [0.25, 0.3) is 34.1 Å². The maximum absolute atomic E-state index is 11.2. The molecule has 0 bridgehead atoms. The zero-order chi connectivity index (χ0) is 29.2. The van der Waals surface area contributed by atoms with Gasteiger partial charge in [-0.1, -0.05) is 19.6 Å². The maximum atomic E-state index is 11.2. The summed E-state index contributed by atoms with van der Waals surface area (Å²) in [6, 6.07) is 16.5. The molecular formula is C32H35N9O. The van der Waals surface area contributed by atoms with Gasteiger partial charge in [-0.3, -0.25) is 9.36 Å². The highest BCUT2D eigenvalue weighted by molar-refractivity contribution is 5.87. The minimum atomic E-state index is 0.0220. The van der Waals surface area contributed by atoms with Gasteiger partial charge >= 0.3 is 0 Å². The quantitative estimate of drug-likeness (QED) is 0.316. The van der Waals surface area contributed by atoms with Gasteiger partial charge in [-0.25, -0.2) is 19.6 Å². The second kappa shape index (κ2) is 11.6. The molecule has 2 atom stereocenters. The molecule has 7 rings (SSSR count). The molecule has 214 valence electrons. The number of pyridine rings is 2. The van der Waals surface area contributed by atoms with E-state index in [0.29, 0.717) is 11.7 Å². The minimum absolute atomic E-state index is 0.0220. The lowest BCUT2D eigenvalue weighted by Gasteiger charge is -2.34. The number of nitrogen functional groups attached to an aromatic ring is 1. The summed E-state index contributed by atoms with van der Waals surface area (Å²) in [5.74, 6) is 2.35. The molecule has 0 spiro atoms. The highest BCUT2D eigenvalue weighted by Gasteiger charge is 2.25. The van der Waals surface area contributed by atoms with E-state index in [1.165, 1.54) is 23.6 Å². The van der Waals surface area contributed by atoms with Crippen LogP contribution in [0.3, 0.4) is 0 Å². The van der Waals surface area contributed by atoms with Crippen LogP contribution in [-0.2, 0) is 17.6 Å². The van der Waals surface area contributed by atoms with E-state index in [2.05, 4.69) is 46.4 Å². The summed E-state index contributed by atoms with van der Waals surface area (Å²) in [4.78, 5) is 27.0. The average molecular weight is 562 g/mol. The van der Waals surface area contributed by atoms with Crippen molar-refractivity contribution < 1.29 is 4.79 Å². The molecule has 10 nitrogen and oxygen atoms in total. The molecule has 1 aromatic carbocycles. The molecule has 10 heteroatoms. The Bertz CT molecular complexity index is 1740. The molecule has 4 N–H and O–H groups in total. The van der Waals surface area contributed by atoms with Crippen LogP contribution in [-0.4, -0.2) is 59.2 Å².